The molecule has 1 rings (SSSR count). The van der Waals surface area contributed by atoms with E-state index in [0.29, 0.717) is 22.1 Å². The molecule has 0 heterocycles. The molecule has 0 N–H and O–H groups in total. The number of ether oxygens (including phenoxy) is 2. The molecule has 0 bridgehead atoms. The molecule has 0 unspecified atom stereocenters. The van der Waals surface area contributed by atoms with Crippen LogP contribution in [0.3, 0.4) is 0 Å². The fourth-order valence-corrected chi connectivity index (χ4v) is 1.46. The van der Waals surface area contributed by atoms with E-state index >= 15 is 0 Å². The van der Waals surface area contributed by atoms with Crippen molar-refractivity contribution in [3.63, 3.8) is 0 Å². The van der Waals surface area contributed by atoms with E-state index in [1.54, 1.807) is 12.1 Å². The molecule has 0 atom stereocenters. The van der Waals surface area contributed by atoms with E-state index in [9.17, 15) is 0 Å². The van der Waals surface area contributed by atoms with Crippen LogP contribution >= 0.6 is 11.6 Å². The fourth-order valence-electron chi connectivity index (χ4n) is 1.18. The highest BCUT2D eigenvalue weighted by Crippen LogP contribution is 2.36. The quantitative estimate of drug-likeness (QED) is 0.740. The number of allylic oxidation sites excluding steroid dienone is 1. The Labute approximate surface area is 93.5 Å². The molecule has 0 fully saturated rings. The van der Waals surface area contributed by atoms with Crippen molar-refractivity contribution in [2.75, 3.05) is 14.2 Å². The lowest BCUT2D eigenvalue weighted by atomic mass is 10.1. The summed E-state index contributed by atoms with van der Waals surface area (Å²) in [6.45, 7) is 3.61. The summed E-state index contributed by atoms with van der Waals surface area (Å²) in [6, 6.07) is 5.23. The topological polar surface area (TPSA) is 42.2 Å². The summed E-state index contributed by atoms with van der Waals surface area (Å²) in [5, 5.41) is 9.17. The second-order valence-corrected chi connectivity index (χ2v) is 3.19. The Kier molecular flexibility index (Phi) is 3.59. The number of hydrogen-bond donors (Lipinski definition) is 0. The van der Waals surface area contributed by atoms with E-state index in [4.69, 9.17) is 26.3 Å². The number of nitrogens with zero attached hydrogens (tertiary/aromatic N) is 1. The highest BCUT2D eigenvalue weighted by Gasteiger charge is 2.12. The SMILES string of the molecule is C=C(C#N)c1cc(OC)cc(Cl)c1OC. The van der Waals surface area contributed by atoms with Crippen LogP contribution in [-0.4, -0.2) is 14.2 Å². The molecule has 0 saturated carbocycles. The Morgan fingerprint density at radius 3 is 2.53 bits per heavy atom. The van der Waals surface area contributed by atoms with Crippen LogP contribution in [-0.2, 0) is 0 Å². The molecule has 4 heteroatoms. The van der Waals surface area contributed by atoms with Crippen LogP contribution in [0.1, 0.15) is 5.56 Å². The second kappa shape index (κ2) is 4.72. The molecule has 78 valence electrons. The molecular weight excluding hydrogens is 214 g/mol. The Bertz CT molecular complexity index is 435. The van der Waals surface area contributed by atoms with Crippen molar-refractivity contribution in [2.24, 2.45) is 0 Å². The highest BCUT2D eigenvalue weighted by molar-refractivity contribution is 6.32. The van der Waals surface area contributed by atoms with Crippen molar-refractivity contribution >= 4 is 17.2 Å². The predicted octanol–water partition coefficient (Wildman–Crippen LogP) is 2.89. The lowest BCUT2D eigenvalue weighted by Gasteiger charge is -2.10. The fraction of sp³-hybridized carbons (Fsp3) is 0.182. The minimum atomic E-state index is 0.285. The molecule has 1 aromatic rings. The Balaban J connectivity index is 3.40. The van der Waals surface area contributed by atoms with Gasteiger partial charge >= 0.3 is 0 Å². The first-order valence-electron chi connectivity index (χ1n) is 4.15. The molecule has 0 spiro atoms. The third kappa shape index (κ3) is 2.23. The van der Waals surface area contributed by atoms with Crippen molar-refractivity contribution in [3.05, 3.63) is 29.3 Å². The van der Waals surface area contributed by atoms with Crippen LogP contribution in [0.4, 0.5) is 0 Å². The minimum Gasteiger partial charge on any atom is -0.497 e. The smallest absolute Gasteiger partial charge is 0.146 e. The van der Waals surface area contributed by atoms with Gasteiger partial charge in [0.15, 0.2) is 0 Å². The minimum absolute atomic E-state index is 0.285. The molecule has 0 aliphatic carbocycles. The van der Waals surface area contributed by atoms with E-state index in [2.05, 4.69) is 6.58 Å². The van der Waals surface area contributed by atoms with Gasteiger partial charge < -0.3 is 9.47 Å². The van der Waals surface area contributed by atoms with Gasteiger partial charge in [0.2, 0.25) is 0 Å². The Morgan fingerprint density at radius 2 is 2.07 bits per heavy atom. The van der Waals surface area contributed by atoms with E-state index < -0.39 is 0 Å². The highest BCUT2D eigenvalue weighted by atomic mass is 35.5. The molecule has 0 aliphatic rings. The van der Waals surface area contributed by atoms with Gasteiger partial charge in [-0.3, -0.25) is 0 Å². The van der Waals surface area contributed by atoms with Gasteiger partial charge in [-0.1, -0.05) is 18.2 Å². The molecule has 0 radical (unpaired) electrons. The summed E-state index contributed by atoms with van der Waals surface area (Å²) in [5.41, 5.74) is 0.831. The van der Waals surface area contributed by atoms with Crippen molar-refractivity contribution in [1.29, 1.82) is 5.26 Å². The number of nitriles is 1. The maximum absolute atomic E-state index is 8.77. The molecule has 15 heavy (non-hydrogen) atoms. The summed E-state index contributed by atoms with van der Waals surface area (Å²) in [6.07, 6.45) is 0. The number of halogens is 1. The number of hydrogen-bond acceptors (Lipinski definition) is 3. The standard InChI is InChI=1S/C11H10ClNO2/c1-7(6-13)9-4-8(14-2)5-10(12)11(9)15-3/h4-5H,1H2,2-3H3. The summed E-state index contributed by atoms with van der Waals surface area (Å²) in [7, 11) is 3.01. The van der Waals surface area contributed by atoms with Gasteiger partial charge in [0.05, 0.1) is 30.9 Å². The molecule has 0 aliphatic heterocycles. The van der Waals surface area contributed by atoms with Gasteiger partial charge in [-0.2, -0.15) is 5.26 Å². The third-order valence-corrected chi connectivity index (χ3v) is 2.20. The van der Waals surface area contributed by atoms with Gasteiger partial charge in [-0.25, -0.2) is 0 Å². The summed E-state index contributed by atoms with van der Waals surface area (Å²) in [4.78, 5) is 0. The number of benzene rings is 1. The lowest BCUT2D eigenvalue weighted by Crippen LogP contribution is -1.93. The van der Waals surface area contributed by atoms with Crippen molar-refractivity contribution in [3.8, 4) is 17.6 Å². The van der Waals surface area contributed by atoms with E-state index in [1.807, 2.05) is 6.07 Å². The zero-order chi connectivity index (χ0) is 11.4. The number of methoxy groups -OCH3 is 2. The van der Waals surface area contributed by atoms with Crippen LogP contribution in [0.2, 0.25) is 5.02 Å². The van der Waals surface area contributed by atoms with Gasteiger partial charge in [0, 0.05) is 11.6 Å². The summed E-state index contributed by atoms with van der Waals surface area (Å²) in [5.74, 6) is 0.996. The molecule has 1 aromatic carbocycles. The predicted molar refractivity (Wildman–Crippen MR) is 59.2 cm³/mol. The summed E-state index contributed by atoms with van der Waals surface area (Å²) >= 11 is 5.96. The first-order chi connectivity index (χ1) is 7.13. The first kappa shape index (κ1) is 11.4. The van der Waals surface area contributed by atoms with Gasteiger partial charge in [0.1, 0.15) is 11.5 Å². The van der Waals surface area contributed by atoms with Crippen LogP contribution in [0.5, 0.6) is 11.5 Å². The monoisotopic (exact) mass is 223 g/mol. The maximum Gasteiger partial charge on any atom is 0.146 e. The molecule has 3 nitrogen and oxygen atoms in total. The van der Waals surface area contributed by atoms with E-state index in [-0.39, 0.29) is 5.57 Å². The Morgan fingerprint density at radius 1 is 1.40 bits per heavy atom. The van der Waals surface area contributed by atoms with Crippen LogP contribution in [0, 0.1) is 11.3 Å². The average Bonchev–Trinajstić information content (AvgIpc) is 2.26. The number of rotatable bonds is 3. The zero-order valence-electron chi connectivity index (χ0n) is 8.50. The molecule has 0 saturated heterocycles. The molecular formula is C11H10ClNO2. The van der Waals surface area contributed by atoms with E-state index in [0.717, 1.165) is 0 Å². The normalized spacial score (nSPS) is 9.20. The largest absolute Gasteiger partial charge is 0.497 e. The van der Waals surface area contributed by atoms with Gasteiger partial charge in [0.25, 0.3) is 0 Å². The van der Waals surface area contributed by atoms with Crippen LogP contribution < -0.4 is 9.47 Å². The Hall–Kier alpha value is -1.66. The first-order valence-corrected chi connectivity index (χ1v) is 4.52. The van der Waals surface area contributed by atoms with Crippen molar-refractivity contribution in [1.82, 2.24) is 0 Å². The van der Waals surface area contributed by atoms with Crippen molar-refractivity contribution in [2.45, 2.75) is 0 Å². The molecule has 0 aromatic heterocycles. The molecule has 0 amide bonds. The van der Waals surface area contributed by atoms with Gasteiger partial charge in [-0.05, 0) is 6.07 Å². The second-order valence-electron chi connectivity index (χ2n) is 2.78. The van der Waals surface area contributed by atoms with Gasteiger partial charge in [-0.15, -0.1) is 0 Å². The lowest BCUT2D eigenvalue weighted by molar-refractivity contribution is 0.402. The zero-order valence-corrected chi connectivity index (χ0v) is 9.26. The maximum atomic E-state index is 8.77. The average molecular weight is 224 g/mol. The third-order valence-electron chi connectivity index (χ3n) is 1.92. The van der Waals surface area contributed by atoms with Crippen molar-refractivity contribution < 1.29 is 9.47 Å². The van der Waals surface area contributed by atoms with Crippen LogP contribution in [0.25, 0.3) is 5.57 Å². The van der Waals surface area contributed by atoms with E-state index in [1.165, 1.54) is 14.2 Å². The van der Waals surface area contributed by atoms with Crippen LogP contribution in [0.15, 0.2) is 18.7 Å². The summed E-state index contributed by atoms with van der Waals surface area (Å²) < 4.78 is 10.1.